The third kappa shape index (κ3) is 5.02. The van der Waals surface area contributed by atoms with Crippen LogP contribution < -0.4 is 5.32 Å². The third-order valence-electron chi connectivity index (χ3n) is 2.83. The first-order valence-corrected chi connectivity index (χ1v) is 6.41. The number of hydrogen-bond acceptors (Lipinski definition) is 4. The van der Waals surface area contributed by atoms with Crippen molar-refractivity contribution in [2.75, 3.05) is 53.4 Å². The summed E-state index contributed by atoms with van der Waals surface area (Å²) in [4.78, 5) is 16.3. The van der Waals surface area contributed by atoms with E-state index in [4.69, 9.17) is 4.74 Å². The number of likely N-dealkylation sites (N-methyl/N-ethyl adjacent to an activating group) is 1. The van der Waals surface area contributed by atoms with E-state index in [9.17, 15) is 4.79 Å². The number of carbonyl (C=O) groups is 1. The molecule has 17 heavy (non-hydrogen) atoms. The Kier molecular flexibility index (Phi) is 6.47. The quantitative estimate of drug-likeness (QED) is 0.700. The lowest BCUT2D eigenvalue weighted by molar-refractivity contribution is -0.145. The van der Waals surface area contributed by atoms with Gasteiger partial charge in [-0.25, -0.2) is 0 Å². The van der Waals surface area contributed by atoms with Gasteiger partial charge in [0.25, 0.3) is 5.91 Å². The Labute approximate surface area is 104 Å². The highest BCUT2D eigenvalue weighted by Gasteiger charge is 2.26. The predicted octanol–water partition coefficient (Wildman–Crippen LogP) is -0.225. The van der Waals surface area contributed by atoms with Gasteiger partial charge in [-0.15, -0.1) is 0 Å². The Morgan fingerprint density at radius 2 is 2.12 bits per heavy atom. The monoisotopic (exact) mass is 243 g/mol. The van der Waals surface area contributed by atoms with Crippen LogP contribution in [0, 0.1) is 0 Å². The molecular formula is C12H25N3O2. The molecule has 0 bridgehead atoms. The Bertz CT molecular complexity index is 228. The summed E-state index contributed by atoms with van der Waals surface area (Å²) in [5, 5.41) is 3.19. The summed E-state index contributed by atoms with van der Waals surface area (Å²) in [7, 11) is 4.04. The van der Waals surface area contributed by atoms with Gasteiger partial charge in [0.2, 0.25) is 0 Å². The molecule has 1 heterocycles. The van der Waals surface area contributed by atoms with Crippen molar-refractivity contribution in [2.45, 2.75) is 19.4 Å². The van der Waals surface area contributed by atoms with E-state index in [1.807, 2.05) is 19.0 Å². The highest BCUT2D eigenvalue weighted by Crippen LogP contribution is 2.03. The number of nitrogens with zero attached hydrogens (tertiary/aromatic N) is 2. The van der Waals surface area contributed by atoms with Crippen molar-refractivity contribution < 1.29 is 9.53 Å². The lowest BCUT2D eigenvalue weighted by Gasteiger charge is -2.30. The van der Waals surface area contributed by atoms with Crippen LogP contribution in [0.25, 0.3) is 0 Å². The maximum Gasteiger partial charge on any atom is 0.253 e. The highest BCUT2D eigenvalue weighted by molar-refractivity contribution is 5.81. The van der Waals surface area contributed by atoms with Crippen LogP contribution in [0.2, 0.25) is 0 Å². The minimum absolute atomic E-state index is 0.126. The van der Waals surface area contributed by atoms with Crippen molar-refractivity contribution >= 4 is 5.91 Å². The number of carbonyl (C=O) groups excluding carboxylic acids is 1. The van der Waals surface area contributed by atoms with E-state index < -0.39 is 0 Å². The molecule has 0 aliphatic carbocycles. The predicted molar refractivity (Wildman–Crippen MR) is 68.0 cm³/mol. The van der Waals surface area contributed by atoms with Crippen molar-refractivity contribution in [3.63, 3.8) is 0 Å². The highest BCUT2D eigenvalue weighted by atomic mass is 16.5. The average Bonchev–Trinajstić information content (AvgIpc) is 2.34. The van der Waals surface area contributed by atoms with Crippen LogP contribution in [0.15, 0.2) is 0 Å². The number of morpholine rings is 1. The first-order valence-electron chi connectivity index (χ1n) is 6.41. The van der Waals surface area contributed by atoms with E-state index in [1.165, 1.54) is 0 Å². The van der Waals surface area contributed by atoms with Gasteiger partial charge in [-0.05, 0) is 20.5 Å². The molecule has 0 aromatic rings. The first-order chi connectivity index (χ1) is 8.15. The average molecular weight is 243 g/mol. The minimum atomic E-state index is -0.294. The van der Waals surface area contributed by atoms with Crippen LogP contribution in [0.5, 0.6) is 0 Å². The molecule has 0 radical (unpaired) electrons. The van der Waals surface area contributed by atoms with Gasteiger partial charge in [0.05, 0.1) is 6.61 Å². The zero-order chi connectivity index (χ0) is 12.7. The van der Waals surface area contributed by atoms with Gasteiger partial charge in [0.15, 0.2) is 0 Å². The molecular weight excluding hydrogens is 218 g/mol. The second-order valence-electron chi connectivity index (χ2n) is 4.69. The van der Waals surface area contributed by atoms with E-state index in [0.29, 0.717) is 13.2 Å². The van der Waals surface area contributed by atoms with Gasteiger partial charge in [-0.1, -0.05) is 6.92 Å². The molecule has 100 valence electrons. The molecule has 0 spiro atoms. The molecule has 1 aliphatic heterocycles. The molecule has 1 amide bonds. The van der Waals surface area contributed by atoms with Crippen LogP contribution in [0.4, 0.5) is 0 Å². The molecule has 0 aromatic heterocycles. The Balaban J connectivity index is 2.46. The third-order valence-corrected chi connectivity index (χ3v) is 2.83. The van der Waals surface area contributed by atoms with Crippen molar-refractivity contribution in [3.8, 4) is 0 Å². The van der Waals surface area contributed by atoms with Crippen molar-refractivity contribution in [1.29, 1.82) is 0 Å². The van der Waals surface area contributed by atoms with E-state index in [0.717, 1.165) is 32.6 Å². The molecule has 1 rings (SSSR count). The Hall–Kier alpha value is -0.650. The Morgan fingerprint density at radius 1 is 1.35 bits per heavy atom. The number of nitrogens with one attached hydrogen (secondary N) is 1. The van der Waals surface area contributed by atoms with Gasteiger partial charge in [-0.3, -0.25) is 4.79 Å². The lowest BCUT2D eigenvalue weighted by Crippen LogP contribution is -2.50. The molecule has 1 N–H and O–H groups in total. The number of ether oxygens (including phenoxy) is 1. The molecule has 1 unspecified atom stereocenters. The van der Waals surface area contributed by atoms with Gasteiger partial charge >= 0.3 is 0 Å². The van der Waals surface area contributed by atoms with Gasteiger partial charge < -0.3 is 19.9 Å². The molecule has 0 aromatic carbocycles. The van der Waals surface area contributed by atoms with Crippen molar-refractivity contribution in [2.24, 2.45) is 0 Å². The summed E-state index contributed by atoms with van der Waals surface area (Å²) in [6.07, 6.45) is 0.691. The SMILES string of the molecule is CCCN(CCN(C)C)C(=O)C1CNCCO1. The minimum Gasteiger partial charge on any atom is -0.366 e. The maximum atomic E-state index is 12.2. The summed E-state index contributed by atoms with van der Waals surface area (Å²) in [5.41, 5.74) is 0. The van der Waals surface area contributed by atoms with E-state index in [-0.39, 0.29) is 12.0 Å². The standard InChI is InChI=1S/C12H25N3O2/c1-4-6-15(8-7-14(2)3)12(16)11-10-13-5-9-17-11/h11,13H,4-10H2,1-3H3. The summed E-state index contributed by atoms with van der Waals surface area (Å²) in [6, 6.07) is 0. The molecule has 1 fully saturated rings. The fraction of sp³-hybridized carbons (Fsp3) is 0.917. The second kappa shape index (κ2) is 7.63. The van der Waals surface area contributed by atoms with Gasteiger partial charge in [0, 0.05) is 32.7 Å². The summed E-state index contributed by atoms with van der Waals surface area (Å²) in [6.45, 7) is 6.69. The maximum absolute atomic E-state index is 12.2. The lowest BCUT2D eigenvalue weighted by atomic mass is 10.2. The van der Waals surface area contributed by atoms with Crippen LogP contribution >= 0.6 is 0 Å². The summed E-state index contributed by atoms with van der Waals surface area (Å²) in [5.74, 6) is 0.126. The number of rotatable bonds is 6. The smallest absolute Gasteiger partial charge is 0.253 e. The molecule has 1 saturated heterocycles. The fourth-order valence-electron chi connectivity index (χ4n) is 1.85. The first kappa shape index (κ1) is 14.4. The Morgan fingerprint density at radius 3 is 2.65 bits per heavy atom. The normalized spacial score (nSPS) is 20.6. The van der Waals surface area contributed by atoms with Crippen molar-refractivity contribution in [1.82, 2.24) is 15.1 Å². The van der Waals surface area contributed by atoms with E-state index in [1.54, 1.807) is 0 Å². The summed E-state index contributed by atoms with van der Waals surface area (Å²) < 4.78 is 5.51. The van der Waals surface area contributed by atoms with Crippen molar-refractivity contribution in [3.05, 3.63) is 0 Å². The fourth-order valence-corrected chi connectivity index (χ4v) is 1.85. The topological polar surface area (TPSA) is 44.8 Å². The second-order valence-corrected chi connectivity index (χ2v) is 4.69. The molecule has 1 atom stereocenters. The molecule has 0 saturated carbocycles. The molecule has 5 nitrogen and oxygen atoms in total. The van der Waals surface area contributed by atoms with Crippen LogP contribution in [-0.2, 0) is 9.53 Å². The van der Waals surface area contributed by atoms with Gasteiger partial charge in [0.1, 0.15) is 6.10 Å². The zero-order valence-corrected chi connectivity index (χ0v) is 11.2. The number of amides is 1. The van der Waals surface area contributed by atoms with Gasteiger partial charge in [-0.2, -0.15) is 0 Å². The zero-order valence-electron chi connectivity index (χ0n) is 11.2. The van der Waals surface area contributed by atoms with E-state index >= 15 is 0 Å². The molecule has 5 heteroatoms. The van der Waals surface area contributed by atoms with Crippen LogP contribution in [0.3, 0.4) is 0 Å². The van der Waals surface area contributed by atoms with Crippen LogP contribution in [-0.4, -0.2) is 75.2 Å². The van der Waals surface area contributed by atoms with Crippen LogP contribution in [0.1, 0.15) is 13.3 Å². The van der Waals surface area contributed by atoms with E-state index in [2.05, 4.69) is 17.1 Å². The largest absolute Gasteiger partial charge is 0.366 e. The summed E-state index contributed by atoms with van der Waals surface area (Å²) >= 11 is 0. The molecule has 1 aliphatic rings. The number of hydrogen-bond donors (Lipinski definition) is 1.